The average molecular weight is 278 g/mol. The third kappa shape index (κ3) is 2.32. The van der Waals surface area contributed by atoms with Crippen LogP contribution < -0.4 is 11.1 Å². The van der Waals surface area contributed by atoms with E-state index in [0.29, 0.717) is 12.5 Å². The molecular weight excluding hydrogens is 259 g/mol. The van der Waals surface area contributed by atoms with Crippen molar-refractivity contribution >= 4 is 17.3 Å². The number of rotatable bonds is 4. The van der Waals surface area contributed by atoms with E-state index in [2.05, 4.69) is 5.32 Å². The van der Waals surface area contributed by atoms with Crippen molar-refractivity contribution in [2.45, 2.75) is 25.7 Å². The predicted octanol–water partition coefficient (Wildman–Crippen LogP) is 2.95. The number of aromatic carboxylic acids is 1. The first-order valence-electron chi connectivity index (χ1n) is 7.10. The van der Waals surface area contributed by atoms with Gasteiger partial charge in [-0.3, -0.25) is 0 Å². The molecular formula is C15H19FN2O2. The molecule has 2 aliphatic carbocycles. The number of halogens is 1. The molecule has 3 rings (SSSR count). The fraction of sp³-hybridized carbons (Fsp3) is 0.533. The maximum Gasteiger partial charge on any atom is 0.337 e. The number of hydrogen-bond acceptors (Lipinski definition) is 3. The van der Waals surface area contributed by atoms with Crippen molar-refractivity contribution in [2.24, 2.45) is 17.8 Å². The predicted molar refractivity (Wildman–Crippen MR) is 75.2 cm³/mol. The van der Waals surface area contributed by atoms with Crippen LogP contribution in [-0.4, -0.2) is 17.6 Å². The Bertz CT molecular complexity index is 547. The highest BCUT2D eigenvalue weighted by Crippen LogP contribution is 2.48. The molecule has 0 saturated heterocycles. The minimum absolute atomic E-state index is 0.0412. The third-order valence-corrected chi connectivity index (χ3v) is 4.81. The Morgan fingerprint density at radius 2 is 2.20 bits per heavy atom. The van der Waals surface area contributed by atoms with Crippen molar-refractivity contribution in [3.8, 4) is 0 Å². The Balaban J connectivity index is 1.71. The SMILES string of the molecule is Nc1cc(F)c(NCC2CC3CCC2C3)cc1C(=O)O. The number of hydrogen-bond donors (Lipinski definition) is 3. The molecule has 4 N–H and O–H groups in total. The summed E-state index contributed by atoms with van der Waals surface area (Å²) < 4.78 is 13.8. The van der Waals surface area contributed by atoms with Crippen molar-refractivity contribution in [1.29, 1.82) is 0 Å². The molecule has 0 radical (unpaired) electrons. The summed E-state index contributed by atoms with van der Waals surface area (Å²) in [4.78, 5) is 11.0. The van der Waals surface area contributed by atoms with Crippen LogP contribution in [0.5, 0.6) is 0 Å². The van der Waals surface area contributed by atoms with Gasteiger partial charge in [-0.1, -0.05) is 6.42 Å². The first kappa shape index (κ1) is 13.2. The summed E-state index contributed by atoms with van der Waals surface area (Å²) >= 11 is 0. The van der Waals surface area contributed by atoms with Gasteiger partial charge in [0.2, 0.25) is 0 Å². The summed E-state index contributed by atoms with van der Waals surface area (Å²) in [7, 11) is 0. The van der Waals surface area contributed by atoms with Crippen molar-refractivity contribution < 1.29 is 14.3 Å². The van der Waals surface area contributed by atoms with Gasteiger partial charge in [0.25, 0.3) is 0 Å². The van der Waals surface area contributed by atoms with E-state index in [0.717, 1.165) is 17.9 Å². The minimum Gasteiger partial charge on any atom is -0.478 e. The van der Waals surface area contributed by atoms with Crippen molar-refractivity contribution in [3.05, 3.63) is 23.5 Å². The van der Waals surface area contributed by atoms with Gasteiger partial charge < -0.3 is 16.2 Å². The van der Waals surface area contributed by atoms with E-state index in [4.69, 9.17) is 10.8 Å². The zero-order valence-electron chi connectivity index (χ0n) is 11.2. The molecule has 2 saturated carbocycles. The molecule has 108 valence electrons. The first-order chi connectivity index (χ1) is 9.54. The summed E-state index contributed by atoms with van der Waals surface area (Å²) in [5, 5.41) is 12.1. The largest absolute Gasteiger partial charge is 0.478 e. The molecule has 2 bridgehead atoms. The number of carbonyl (C=O) groups is 1. The normalized spacial score (nSPS) is 27.8. The lowest BCUT2D eigenvalue weighted by Crippen LogP contribution is -2.20. The second kappa shape index (κ2) is 4.96. The lowest BCUT2D eigenvalue weighted by Gasteiger charge is -2.22. The number of carboxylic acid groups (broad SMARTS) is 1. The maximum atomic E-state index is 13.8. The quantitative estimate of drug-likeness (QED) is 0.740. The molecule has 2 fully saturated rings. The maximum absolute atomic E-state index is 13.8. The highest BCUT2D eigenvalue weighted by atomic mass is 19.1. The molecule has 0 aromatic heterocycles. The van der Waals surface area contributed by atoms with Crippen LogP contribution in [0.4, 0.5) is 15.8 Å². The fourth-order valence-corrected chi connectivity index (χ4v) is 3.78. The van der Waals surface area contributed by atoms with Gasteiger partial charge >= 0.3 is 5.97 Å². The molecule has 5 heteroatoms. The zero-order valence-corrected chi connectivity index (χ0v) is 11.2. The van der Waals surface area contributed by atoms with E-state index in [1.54, 1.807) is 0 Å². The molecule has 0 heterocycles. The molecule has 3 unspecified atom stereocenters. The average Bonchev–Trinajstić information content (AvgIpc) is 2.99. The van der Waals surface area contributed by atoms with Gasteiger partial charge in [-0.2, -0.15) is 0 Å². The van der Waals surface area contributed by atoms with Crippen molar-refractivity contribution in [3.63, 3.8) is 0 Å². The fourth-order valence-electron chi connectivity index (χ4n) is 3.78. The van der Waals surface area contributed by atoms with Crippen LogP contribution in [0.1, 0.15) is 36.0 Å². The molecule has 0 spiro atoms. The topological polar surface area (TPSA) is 75.3 Å². The second-order valence-electron chi connectivity index (χ2n) is 6.04. The standard InChI is InChI=1S/C15H19FN2O2/c16-12-6-13(17)11(15(19)20)5-14(12)18-7-10-4-8-1-2-9(10)3-8/h5-6,8-10,18H,1-4,7,17H2,(H,19,20). The van der Waals surface area contributed by atoms with Crippen LogP contribution >= 0.6 is 0 Å². The minimum atomic E-state index is -1.13. The lowest BCUT2D eigenvalue weighted by atomic mass is 9.89. The van der Waals surface area contributed by atoms with Gasteiger partial charge in [0, 0.05) is 12.2 Å². The lowest BCUT2D eigenvalue weighted by molar-refractivity contribution is 0.0698. The summed E-state index contributed by atoms with van der Waals surface area (Å²) in [5.41, 5.74) is 5.65. The number of nitrogens with one attached hydrogen (secondary N) is 1. The number of benzene rings is 1. The van der Waals surface area contributed by atoms with Gasteiger partial charge in [-0.05, 0) is 49.1 Å². The molecule has 2 aliphatic rings. The smallest absolute Gasteiger partial charge is 0.337 e. The summed E-state index contributed by atoms with van der Waals surface area (Å²) in [5.74, 6) is 0.557. The Kier molecular flexibility index (Phi) is 3.28. The van der Waals surface area contributed by atoms with Crippen molar-refractivity contribution in [2.75, 3.05) is 17.6 Å². The van der Waals surface area contributed by atoms with Crippen LogP contribution in [0, 0.1) is 23.6 Å². The Morgan fingerprint density at radius 3 is 2.80 bits per heavy atom. The van der Waals surface area contributed by atoms with E-state index in [1.165, 1.54) is 31.7 Å². The molecule has 4 nitrogen and oxygen atoms in total. The molecule has 20 heavy (non-hydrogen) atoms. The zero-order chi connectivity index (χ0) is 14.3. The van der Waals surface area contributed by atoms with Crippen LogP contribution in [0.15, 0.2) is 12.1 Å². The van der Waals surface area contributed by atoms with Crippen LogP contribution in [-0.2, 0) is 0 Å². The third-order valence-electron chi connectivity index (χ3n) is 4.81. The Morgan fingerprint density at radius 1 is 1.40 bits per heavy atom. The van der Waals surface area contributed by atoms with E-state index in [1.807, 2.05) is 0 Å². The highest BCUT2D eigenvalue weighted by molar-refractivity contribution is 5.94. The summed E-state index contributed by atoms with van der Waals surface area (Å²) in [6.45, 7) is 0.709. The number of anilines is 2. The van der Waals surface area contributed by atoms with Gasteiger partial charge in [0.15, 0.2) is 0 Å². The molecule has 1 aromatic carbocycles. The van der Waals surface area contributed by atoms with E-state index in [9.17, 15) is 9.18 Å². The molecule has 0 amide bonds. The molecule has 0 aliphatic heterocycles. The van der Waals surface area contributed by atoms with Crippen LogP contribution in [0.2, 0.25) is 0 Å². The number of nitrogen functional groups attached to an aromatic ring is 1. The van der Waals surface area contributed by atoms with Gasteiger partial charge in [0.05, 0.1) is 11.3 Å². The van der Waals surface area contributed by atoms with E-state index in [-0.39, 0.29) is 16.9 Å². The molecule has 1 aromatic rings. The molecule has 3 atom stereocenters. The van der Waals surface area contributed by atoms with Gasteiger partial charge in [-0.25, -0.2) is 9.18 Å². The summed E-state index contributed by atoms with van der Waals surface area (Å²) in [6.07, 6.45) is 5.12. The second-order valence-corrected chi connectivity index (χ2v) is 6.04. The monoisotopic (exact) mass is 278 g/mol. The van der Waals surface area contributed by atoms with E-state index >= 15 is 0 Å². The van der Waals surface area contributed by atoms with Gasteiger partial charge in [0.1, 0.15) is 5.82 Å². The Labute approximate surface area is 117 Å². The highest BCUT2D eigenvalue weighted by Gasteiger charge is 2.39. The summed E-state index contributed by atoms with van der Waals surface area (Å²) in [6, 6.07) is 2.37. The number of nitrogens with two attached hydrogens (primary N) is 1. The number of carboxylic acids is 1. The van der Waals surface area contributed by atoms with E-state index < -0.39 is 11.8 Å². The van der Waals surface area contributed by atoms with Crippen molar-refractivity contribution in [1.82, 2.24) is 0 Å². The van der Waals surface area contributed by atoms with Crippen LogP contribution in [0.3, 0.4) is 0 Å². The van der Waals surface area contributed by atoms with Gasteiger partial charge in [-0.15, -0.1) is 0 Å². The Hall–Kier alpha value is -1.78. The van der Waals surface area contributed by atoms with Crippen LogP contribution in [0.25, 0.3) is 0 Å². The number of fused-ring (bicyclic) bond motifs is 2. The first-order valence-corrected chi connectivity index (χ1v) is 7.10.